The molecule has 0 saturated carbocycles. The van der Waals surface area contributed by atoms with Crippen molar-refractivity contribution in [1.82, 2.24) is 0 Å². The average Bonchev–Trinajstić information content (AvgIpc) is 3.51. The van der Waals surface area contributed by atoms with Crippen LogP contribution in [0.15, 0.2) is 163 Å². The summed E-state index contributed by atoms with van der Waals surface area (Å²) in [5, 5.41) is 5.40. The number of fused-ring (bicyclic) bond motifs is 8. The zero-order valence-electron chi connectivity index (χ0n) is 34.8. The van der Waals surface area contributed by atoms with Gasteiger partial charge in [-0.25, -0.2) is 0 Å². The highest BCUT2D eigenvalue weighted by Gasteiger charge is 2.45. The predicted octanol–water partition coefficient (Wildman–Crippen LogP) is 14.1. The second-order valence-electron chi connectivity index (χ2n) is 17.6. The minimum atomic E-state index is -1.96. The number of unbranched alkanes of at least 4 members (excludes halogenated alkanes) is 1. The van der Waals surface area contributed by atoms with Crippen LogP contribution < -0.4 is 24.9 Å². The monoisotopic (exact) mass is 792 g/mol. The largest absolute Gasteiger partial charge is 0.453 e. The molecule has 60 heavy (non-hydrogen) atoms. The molecule has 3 nitrogen and oxygen atoms in total. The first-order valence-corrected chi connectivity index (χ1v) is 24.3. The summed E-state index contributed by atoms with van der Waals surface area (Å²) in [5.74, 6) is 2.12. The zero-order chi connectivity index (χ0) is 40.6. The lowest BCUT2D eigenvalue weighted by molar-refractivity contribution is 0.410. The fourth-order valence-corrected chi connectivity index (χ4v) is 15.0. The Balaban J connectivity index is 0.924. The Bertz CT molecular complexity index is 2860. The van der Waals surface area contributed by atoms with Crippen molar-refractivity contribution in [1.29, 1.82) is 0 Å². The summed E-state index contributed by atoms with van der Waals surface area (Å²) in [5.41, 5.74) is 13.5. The minimum Gasteiger partial charge on any atom is -0.453 e. The van der Waals surface area contributed by atoms with Crippen molar-refractivity contribution >= 4 is 75.0 Å². The number of rotatable bonds is 7. The Morgan fingerprint density at radius 3 is 1.98 bits per heavy atom. The summed E-state index contributed by atoms with van der Waals surface area (Å²) in [7, 11) is -1.96. The predicted molar refractivity (Wildman–Crippen MR) is 254 cm³/mol. The molecule has 4 aliphatic rings. The van der Waals surface area contributed by atoms with Gasteiger partial charge in [0.1, 0.15) is 13.8 Å². The van der Waals surface area contributed by atoms with Crippen LogP contribution in [-0.2, 0) is 5.41 Å². The van der Waals surface area contributed by atoms with E-state index in [2.05, 4.69) is 201 Å². The van der Waals surface area contributed by atoms with Crippen molar-refractivity contribution in [2.45, 2.75) is 58.0 Å². The number of ether oxygens (including phenoxy) is 1. The van der Waals surface area contributed by atoms with Crippen molar-refractivity contribution in [3.05, 3.63) is 192 Å². The fourth-order valence-electron chi connectivity index (χ4n) is 10.7. The number of nitrogens with zero attached hydrogens (tertiary/aromatic N) is 2. The summed E-state index contributed by atoms with van der Waals surface area (Å²) in [4.78, 5) is 4.82. The molecule has 2 aliphatic heterocycles. The van der Waals surface area contributed by atoms with Gasteiger partial charge in [0, 0.05) is 33.4 Å². The normalized spacial score (nSPS) is 17.6. The maximum absolute atomic E-state index is 6.34. The van der Waals surface area contributed by atoms with Crippen LogP contribution in [-0.4, -0.2) is 8.07 Å². The first kappa shape index (κ1) is 36.5. The molecule has 7 aromatic carbocycles. The van der Waals surface area contributed by atoms with Crippen LogP contribution in [0.2, 0.25) is 12.6 Å². The van der Waals surface area contributed by atoms with Crippen LogP contribution in [0.3, 0.4) is 0 Å². The highest BCUT2D eigenvalue weighted by atomic mass is 28.3. The van der Waals surface area contributed by atoms with E-state index < -0.39 is 8.07 Å². The van der Waals surface area contributed by atoms with Crippen LogP contribution >= 0.6 is 0 Å². The molecule has 7 aromatic rings. The highest BCUT2D eigenvalue weighted by molar-refractivity contribution is 7.03. The van der Waals surface area contributed by atoms with Crippen molar-refractivity contribution in [3.8, 4) is 11.5 Å². The lowest BCUT2D eigenvalue weighted by Crippen LogP contribution is -2.60. The molecule has 0 bridgehead atoms. The molecule has 4 heteroatoms. The standard InChI is InChI=1S/C56H48N2OSi/c1-5-6-35-60(4)54-25-15-11-21-50(54)58(51-22-12-16-26-55(51)60)47-34-30-39(41-17-7-8-18-44(41)47)29-27-38-28-32-42-43-33-31-40(37-46(43)56(2,3)45(42)36-38)57-48-19-9-13-23-52(48)59-53-24-14-10-20-49(53)57/h7-29,31-33,37,45H,5-6,35-36H2,1-4H3/b29-27+. The Morgan fingerprint density at radius 2 is 1.30 bits per heavy atom. The first-order chi connectivity index (χ1) is 29.3. The summed E-state index contributed by atoms with van der Waals surface area (Å²) in [6.45, 7) is 9.74. The number of benzene rings is 6. The van der Waals surface area contributed by atoms with Crippen LogP contribution in [0.5, 0.6) is 11.5 Å². The second-order valence-corrected chi connectivity index (χ2v) is 21.9. The number of allylic oxidation sites excluding steroid dienone is 5. The Hall–Kier alpha value is -6.54. The third-order valence-corrected chi connectivity index (χ3v) is 18.4. The average molecular weight is 793 g/mol. The van der Waals surface area contributed by atoms with E-state index in [9.17, 15) is 0 Å². The Kier molecular flexibility index (Phi) is 8.55. The van der Waals surface area contributed by atoms with Gasteiger partial charge in [-0.2, -0.15) is 0 Å². The molecule has 0 fully saturated rings. The molecule has 0 radical (unpaired) electrons. The van der Waals surface area contributed by atoms with E-state index in [4.69, 9.17) is 4.74 Å². The molecule has 2 heterocycles. The van der Waals surface area contributed by atoms with E-state index in [1.807, 2.05) is 12.1 Å². The first-order valence-electron chi connectivity index (χ1n) is 21.6. The summed E-state index contributed by atoms with van der Waals surface area (Å²) >= 11 is 0. The Morgan fingerprint density at radius 1 is 0.683 bits per heavy atom. The van der Waals surface area contributed by atoms with Crippen molar-refractivity contribution < 1.29 is 4.74 Å². The lowest BCUT2D eigenvalue weighted by atomic mass is 9.73. The van der Waals surface area contributed by atoms with Crippen molar-refractivity contribution in [2.75, 3.05) is 9.80 Å². The molecule has 292 valence electrons. The molecule has 1 atom stereocenters. The van der Waals surface area contributed by atoms with Gasteiger partial charge in [0.25, 0.3) is 0 Å². The molecule has 0 amide bonds. The molecule has 0 saturated heterocycles. The van der Waals surface area contributed by atoms with Gasteiger partial charge in [-0.05, 0) is 117 Å². The van der Waals surface area contributed by atoms with E-state index in [1.165, 1.54) is 73.7 Å². The van der Waals surface area contributed by atoms with Gasteiger partial charge in [-0.3, -0.25) is 0 Å². The molecular formula is C56H48N2OSi. The van der Waals surface area contributed by atoms with Gasteiger partial charge >= 0.3 is 0 Å². The van der Waals surface area contributed by atoms with E-state index >= 15 is 0 Å². The third-order valence-electron chi connectivity index (χ3n) is 13.8. The number of hydrogen-bond donors (Lipinski definition) is 0. The molecule has 11 rings (SSSR count). The molecular weight excluding hydrogens is 745 g/mol. The van der Waals surface area contributed by atoms with Crippen molar-refractivity contribution in [3.63, 3.8) is 0 Å². The van der Waals surface area contributed by atoms with Gasteiger partial charge in [0.05, 0.1) is 11.4 Å². The van der Waals surface area contributed by atoms with Crippen LogP contribution in [0.4, 0.5) is 34.1 Å². The van der Waals surface area contributed by atoms with Gasteiger partial charge in [-0.15, -0.1) is 0 Å². The number of para-hydroxylation sites is 6. The maximum atomic E-state index is 6.34. The molecule has 0 aromatic heterocycles. The van der Waals surface area contributed by atoms with Gasteiger partial charge in [0.2, 0.25) is 0 Å². The smallest absolute Gasteiger partial charge is 0.151 e. The third kappa shape index (κ3) is 5.56. The fraction of sp³-hybridized carbons (Fsp3) is 0.179. The lowest BCUT2D eigenvalue weighted by Gasteiger charge is -2.42. The number of hydrogen-bond acceptors (Lipinski definition) is 3. The van der Waals surface area contributed by atoms with Gasteiger partial charge < -0.3 is 14.5 Å². The van der Waals surface area contributed by atoms with E-state index in [1.54, 1.807) is 0 Å². The summed E-state index contributed by atoms with van der Waals surface area (Å²) in [6, 6.07) is 59.5. The maximum Gasteiger partial charge on any atom is 0.151 e. The minimum absolute atomic E-state index is 0.0550. The zero-order valence-corrected chi connectivity index (χ0v) is 35.8. The molecule has 1 unspecified atom stereocenters. The highest BCUT2D eigenvalue weighted by Crippen LogP contribution is 2.57. The summed E-state index contributed by atoms with van der Waals surface area (Å²) < 4.78 is 6.34. The quantitative estimate of drug-likeness (QED) is 0.150. The van der Waals surface area contributed by atoms with Gasteiger partial charge in [0.15, 0.2) is 11.5 Å². The van der Waals surface area contributed by atoms with Crippen LogP contribution in [0.25, 0.3) is 22.4 Å². The Labute approximate surface area is 355 Å². The molecule has 2 aliphatic carbocycles. The molecule has 0 spiro atoms. The second kappa shape index (κ2) is 14.0. The topological polar surface area (TPSA) is 15.7 Å². The van der Waals surface area contributed by atoms with Crippen LogP contribution in [0.1, 0.15) is 56.7 Å². The summed E-state index contributed by atoms with van der Waals surface area (Å²) in [6.07, 6.45) is 12.7. The van der Waals surface area contributed by atoms with E-state index in [-0.39, 0.29) is 5.41 Å². The van der Waals surface area contributed by atoms with Crippen molar-refractivity contribution in [2.24, 2.45) is 5.92 Å². The molecule has 0 N–H and O–H groups in total. The SMILES string of the molecule is CCCC[Si]1(C)c2ccccc2N(c2c#cc(/C=C/C3=CC=C4c5ccc(N6c7ccccc7Oc7ccccc76)cc5C(C)(C)C4C3)c3ccccc23)c2ccccc21. The van der Waals surface area contributed by atoms with E-state index in [0.29, 0.717) is 5.92 Å². The van der Waals surface area contributed by atoms with Crippen LogP contribution in [0, 0.1) is 18.1 Å². The number of anilines is 6. The van der Waals surface area contributed by atoms with Gasteiger partial charge in [-0.1, -0.05) is 155 Å². The van der Waals surface area contributed by atoms with E-state index in [0.717, 1.165) is 46.2 Å².